The molecule has 0 unspecified atom stereocenters. The van der Waals surface area contributed by atoms with Crippen molar-refractivity contribution in [1.82, 2.24) is 0 Å². The van der Waals surface area contributed by atoms with Crippen LogP contribution in [0.5, 0.6) is 0 Å². The van der Waals surface area contributed by atoms with Crippen LogP contribution in [0.1, 0.15) is 0 Å². The van der Waals surface area contributed by atoms with Gasteiger partial charge in [-0.05, 0) is 0 Å². The van der Waals surface area contributed by atoms with Crippen molar-refractivity contribution in [3.8, 4) is 0 Å². The number of hydrogen-bond donors (Lipinski definition) is 0. The van der Waals surface area contributed by atoms with Gasteiger partial charge in [-0.2, -0.15) is 0 Å². The zero-order chi connectivity index (χ0) is 7.71. The largest absolute Gasteiger partial charge is 2.00 e. The van der Waals surface area contributed by atoms with Crippen LogP contribution in [0.4, 0.5) is 0 Å². The quantitative estimate of drug-likeness (QED) is 0.340. The summed E-state index contributed by atoms with van der Waals surface area (Å²) in [4.78, 5) is 0. The Bertz CT molecular complexity index is 238. The van der Waals surface area contributed by atoms with Gasteiger partial charge in [-0.25, -0.2) is 16.8 Å². The first-order valence-corrected chi connectivity index (χ1v) is 6.00. The van der Waals surface area contributed by atoms with Crippen molar-refractivity contribution < 1.29 is 43.0 Å². The first kappa shape index (κ1) is 13.3. The third kappa shape index (κ3) is 11.5. The van der Waals surface area contributed by atoms with Crippen LogP contribution in [0.2, 0.25) is 0 Å². The van der Waals surface area contributed by atoms with Gasteiger partial charge in [-0.1, -0.05) is 0 Å². The Kier molecular flexibility index (Phi) is 5.19. The van der Waals surface area contributed by atoms with Crippen LogP contribution in [0, 0.1) is 0 Å². The Morgan fingerprint density at radius 1 is 0.900 bits per heavy atom. The molecule has 0 aromatic carbocycles. The molecule has 0 spiro atoms. The zero-order valence-corrected chi connectivity index (χ0v) is 7.37. The van der Waals surface area contributed by atoms with E-state index in [-0.39, 0.29) is 17.1 Å². The van der Waals surface area contributed by atoms with Crippen LogP contribution >= 0.6 is 9.83 Å². The second kappa shape index (κ2) is 3.90. The molecular weight excluding hydrogens is 256 g/mol. The molecule has 0 atom stereocenters. The molecule has 0 aromatic heterocycles. The molecule has 6 nitrogen and oxygen atoms in total. The maximum atomic E-state index is 9.48. The summed E-state index contributed by atoms with van der Waals surface area (Å²) in [6.07, 6.45) is 0. The van der Waals surface area contributed by atoms with E-state index in [4.69, 9.17) is 0 Å². The SMILES string of the molecule is O=S(=O)([O-])SS(=O)(=O)[O-].[Cu+2]. The van der Waals surface area contributed by atoms with Crippen LogP contribution in [-0.2, 0) is 35.4 Å². The van der Waals surface area contributed by atoms with Gasteiger partial charge in [0, 0.05) is 0 Å². The van der Waals surface area contributed by atoms with E-state index in [1.165, 1.54) is 0 Å². The minimum absolute atomic E-state index is 0. The van der Waals surface area contributed by atoms with E-state index in [9.17, 15) is 25.9 Å². The van der Waals surface area contributed by atoms with Gasteiger partial charge >= 0.3 is 17.1 Å². The predicted octanol–water partition coefficient (Wildman–Crippen LogP) is -1.36. The Morgan fingerprint density at radius 3 is 1.10 bits per heavy atom. The van der Waals surface area contributed by atoms with Crippen molar-refractivity contribution in [3.63, 3.8) is 0 Å². The monoisotopic (exact) mass is 255 g/mol. The van der Waals surface area contributed by atoms with Gasteiger partial charge in [0.2, 0.25) is 0 Å². The third-order valence-electron chi connectivity index (χ3n) is 0.167. The minimum Gasteiger partial charge on any atom is -0.739 e. The summed E-state index contributed by atoms with van der Waals surface area (Å²) in [7, 11) is -11.2. The van der Waals surface area contributed by atoms with Crippen molar-refractivity contribution in [3.05, 3.63) is 0 Å². The van der Waals surface area contributed by atoms with E-state index in [0.29, 0.717) is 0 Å². The summed E-state index contributed by atoms with van der Waals surface area (Å²) in [6, 6.07) is 0. The second-order valence-electron chi connectivity index (χ2n) is 0.885. The van der Waals surface area contributed by atoms with Crippen molar-refractivity contribution in [2.45, 2.75) is 0 Å². The summed E-state index contributed by atoms with van der Waals surface area (Å²) >= 11 is 0. The van der Waals surface area contributed by atoms with Crippen LogP contribution in [0.3, 0.4) is 0 Å². The van der Waals surface area contributed by atoms with Gasteiger partial charge in [0.05, 0.1) is 9.83 Å². The molecule has 0 aromatic rings. The molecule has 0 saturated carbocycles. The van der Waals surface area contributed by atoms with Crippen molar-refractivity contribution in [1.29, 1.82) is 0 Å². The summed E-state index contributed by atoms with van der Waals surface area (Å²) in [5, 5.41) is 0. The number of hydrogen-bond acceptors (Lipinski definition) is 7. The number of rotatable bonds is 2. The first-order chi connectivity index (χ1) is 3.71. The fourth-order valence-corrected chi connectivity index (χ4v) is 2.76. The molecule has 0 amide bonds. The molecule has 10 heteroatoms. The Balaban J connectivity index is 0. The molecule has 10 heavy (non-hydrogen) atoms. The molecule has 0 heterocycles. The molecule has 0 saturated heterocycles. The molecular formula is CuO6S3. The van der Waals surface area contributed by atoms with E-state index in [2.05, 4.69) is 0 Å². The van der Waals surface area contributed by atoms with Gasteiger partial charge in [0.1, 0.15) is 0 Å². The Morgan fingerprint density at radius 2 is 1.10 bits per heavy atom. The third-order valence-corrected chi connectivity index (χ3v) is 4.50. The van der Waals surface area contributed by atoms with E-state index < -0.39 is 28.1 Å². The molecule has 0 N–H and O–H groups in total. The van der Waals surface area contributed by atoms with Crippen LogP contribution < -0.4 is 0 Å². The topological polar surface area (TPSA) is 114 Å². The molecule has 0 fully saturated rings. The average Bonchev–Trinajstić information content (AvgIpc) is 1.14. The van der Waals surface area contributed by atoms with Gasteiger partial charge in [0.25, 0.3) is 0 Å². The van der Waals surface area contributed by atoms with Crippen molar-refractivity contribution in [2.24, 2.45) is 0 Å². The summed E-state index contributed by atoms with van der Waals surface area (Å²) in [6.45, 7) is 0. The van der Waals surface area contributed by atoms with Gasteiger partial charge in [0.15, 0.2) is 18.3 Å². The van der Waals surface area contributed by atoms with Crippen LogP contribution in [-0.4, -0.2) is 25.9 Å². The van der Waals surface area contributed by atoms with Crippen molar-refractivity contribution in [2.75, 3.05) is 0 Å². The summed E-state index contributed by atoms with van der Waals surface area (Å²) in [5.74, 6) is 0. The Hall–Kier alpha value is 0.689. The van der Waals surface area contributed by atoms with Gasteiger partial charge in [-0.3, -0.25) is 0 Å². The fraction of sp³-hybridized carbons (Fsp3) is 0. The molecule has 0 aliphatic carbocycles. The van der Waals surface area contributed by atoms with E-state index in [1.807, 2.05) is 0 Å². The summed E-state index contributed by atoms with van der Waals surface area (Å²) < 4.78 is 56.9. The molecule has 1 radical (unpaired) electrons. The predicted molar refractivity (Wildman–Crippen MR) is 27.0 cm³/mol. The van der Waals surface area contributed by atoms with E-state index >= 15 is 0 Å². The van der Waals surface area contributed by atoms with E-state index in [0.717, 1.165) is 0 Å². The molecule has 0 rings (SSSR count). The molecule has 65 valence electrons. The first-order valence-electron chi connectivity index (χ1n) is 1.33. The maximum absolute atomic E-state index is 9.48. The van der Waals surface area contributed by atoms with Crippen LogP contribution in [0.15, 0.2) is 0 Å². The second-order valence-corrected chi connectivity index (χ2v) is 6.74. The molecule has 0 aliphatic heterocycles. The smallest absolute Gasteiger partial charge is 0.739 e. The van der Waals surface area contributed by atoms with Gasteiger partial charge < -0.3 is 9.11 Å². The molecule has 0 bridgehead atoms. The maximum Gasteiger partial charge on any atom is 2.00 e. The van der Waals surface area contributed by atoms with Crippen LogP contribution in [0.25, 0.3) is 0 Å². The zero-order valence-electron chi connectivity index (χ0n) is 3.98. The summed E-state index contributed by atoms with van der Waals surface area (Å²) in [5.41, 5.74) is 0. The molecule has 0 aliphatic rings. The van der Waals surface area contributed by atoms with Gasteiger partial charge in [-0.15, -0.1) is 0 Å². The Labute approximate surface area is 71.2 Å². The minimum atomic E-state index is -5.02. The van der Waals surface area contributed by atoms with E-state index in [1.54, 1.807) is 0 Å². The fourth-order valence-electron chi connectivity index (χ4n) is 0.102. The standard InChI is InChI=1S/Cu.H2O6S3/c;1-8(2,3)7-9(4,5)6/h;(H,1,2,3)(H,4,5,6)/q+2;/p-2. The average molecular weight is 256 g/mol. The normalized spacial score (nSPS) is 12.2. The van der Waals surface area contributed by atoms with Crippen molar-refractivity contribution >= 4 is 28.1 Å².